The fraction of sp³-hybridized carbons (Fsp3) is 0.529. The second-order valence-electron chi connectivity index (χ2n) is 6.57. The van der Waals surface area contributed by atoms with E-state index in [-0.39, 0.29) is 6.04 Å². The van der Waals surface area contributed by atoms with E-state index in [0.29, 0.717) is 22.8 Å². The summed E-state index contributed by atoms with van der Waals surface area (Å²) in [5.41, 5.74) is -0.161. The number of hydrogen-bond acceptors (Lipinski definition) is 4. The van der Waals surface area contributed by atoms with E-state index in [1.54, 1.807) is 0 Å². The van der Waals surface area contributed by atoms with Gasteiger partial charge in [-0.2, -0.15) is 13.2 Å². The molecule has 1 aliphatic carbocycles. The molecular formula is C17H21F3N4. The van der Waals surface area contributed by atoms with E-state index >= 15 is 0 Å². The van der Waals surface area contributed by atoms with Crippen LogP contribution in [-0.2, 0) is 6.18 Å². The zero-order valence-electron chi connectivity index (χ0n) is 13.8. The van der Waals surface area contributed by atoms with Crippen LogP contribution in [0.15, 0.2) is 24.5 Å². The van der Waals surface area contributed by atoms with Crippen LogP contribution in [0.1, 0.15) is 31.2 Å². The Kier molecular flexibility index (Phi) is 4.62. The van der Waals surface area contributed by atoms with E-state index in [1.165, 1.54) is 12.4 Å². The number of aromatic nitrogens is 2. The van der Waals surface area contributed by atoms with E-state index < -0.39 is 11.7 Å². The van der Waals surface area contributed by atoms with Gasteiger partial charge in [0, 0.05) is 17.5 Å². The van der Waals surface area contributed by atoms with Crippen molar-refractivity contribution >= 4 is 16.7 Å². The molecule has 4 nitrogen and oxygen atoms in total. The molecular weight excluding hydrogens is 317 g/mol. The predicted molar refractivity (Wildman–Crippen MR) is 87.9 cm³/mol. The second-order valence-corrected chi connectivity index (χ2v) is 6.57. The lowest BCUT2D eigenvalue weighted by Gasteiger charge is -2.33. The number of alkyl halides is 3. The van der Waals surface area contributed by atoms with Crippen LogP contribution in [0.5, 0.6) is 0 Å². The zero-order chi connectivity index (χ0) is 17.3. The number of hydrogen-bond donors (Lipinski definition) is 1. The van der Waals surface area contributed by atoms with Gasteiger partial charge in [0.05, 0.1) is 11.1 Å². The van der Waals surface area contributed by atoms with Crippen LogP contribution in [-0.4, -0.2) is 41.0 Å². The fourth-order valence-electron chi connectivity index (χ4n) is 3.28. The van der Waals surface area contributed by atoms with Gasteiger partial charge >= 0.3 is 6.18 Å². The van der Waals surface area contributed by atoms with E-state index in [2.05, 4.69) is 34.3 Å². The first-order valence-electron chi connectivity index (χ1n) is 8.09. The molecule has 0 aliphatic heterocycles. The van der Waals surface area contributed by atoms with Crippen molar-refractivity contribution in [1.29, 1.82) is 0 Å². The average molecular weight is 338 g/mol. The third-order valence-electron chi connectivity index (χ3n) is 4.73. The Balaban J connectivity index is 1.82. The normalized spacial score (nSPS) is 22.1. The lowest BCUT2D eigenvalue weighted by molar-refractivity contribution is -0.137. The van der Waals surface area contributed by atoms with Crippen molar-refractivity contribution in [1.82, 2.24) is 14.9 Å². The van der Waals surface area contributed by atoms with Crippen LogP contribution in [0.4, 0.5) is 19.0 Å². The average Bonchev–Trinajstić information content (AvgIpc) is 2.54. The van der Waals surface area contributed by atoms with Crippen molar-refractivity contribution < 1.29 is 13.2 Å². The van der Waals surface area contributed by atoms with E-state index in [1.807, 2.05) is 0 Å². The molecule has 1 aromatic carbocycles. The summed E-state index contributed by atoms with van der Waals surface area (Å²) in [6.45, 7) is 0. The van der Waals surface area contributed by atoms with Crippen molar-refractivity contribution in [3.63, 3.8) is 0 Å². The Morgan fingerprint density at radius 2 is 1.79 bits per heavy atom. The van der Waals surface area contributed by atoms with Crippen molar-refractivity contribution in [2.75, 3.05) is 19.4 Å². The molecule has 0 unspecified atom stereocenters. The minimum absolute atomic E-state index is 0.230. The van der Waals surface area contributed by atoms with Gasteiger partial charge in [-0.1, -0.05) is 0 Å². The third kappa shape index (κ3) is 3.61. The number of halogens is 3. The molecule has 0 saturated heterocycles. The standard InChI is InChI=1S/C17H21F3N4/c1-24(2)13-6-4-12(5-7-13)23-16-14-9-11(17(18,19)20)3-8-15(14)21-10-22-16/h3,8-10,12-13H,4-7H2,1-2H3,(H,21,22,23). The third-order valence-corrected chi connectivity index (χ3v) is 4.73. The topological polar surface area (TPSA) is 41.0 Å². The summed E-state index contributed by atoms with van der Waals surface area (Å²) >= 11 is 0. The minimum Gasteiger partial charge on any atom is -0.367 e. The maximum absolute atomic E-state index is 13.0. The van der Waals surface area contributed by atoms with Gasteiger partial charge in [-0.25, -0.2) is 9.97 Å². The van der Waals surface area contributed by atoms with Crippen LogP contribution in [0, 0.1) is 0 Å². The molecule has 1 N–H and O–H groups in total. The van der Waals surface area contributed by atoms with Crippen LogP contribution in [0.2, 0.25) is 0 Å². The van der Waals surface area contributed by atoms with E-state index in [0.717, 1.165) is 37.8 Å². The van der Waals surface area contributed by atoms with Gasteiger partial charge in [0.1, 0.15) is 12.1 Å². The van der Waals surface area contributed by atoms with E-state index in [9.17, 15) is 13.2 Å². The lowest BCUT2D eigenvalue weighted by Crippen LogP contribution is -2.36. The molecule has 1 aliphatic rings. The molecule has 1 saturated carbocycles. The number of anilines is 1. The molecule has 0 spiro atoms. The molecule has 130 valence electrons. The monoisotopic (exact) mass is 338 g/mol. The van der Waals surface area contributed by atoms with Gasteiger partial charge in [-0.05, 0) is 58.0 Å². The number of benzene rings is 1. The van der Waals surface area contributed by atoms with Crippen molar-refractivity contribution in [2.24, 2.45) is 0 Å². The quantitative estimate of drug-likeness (QED) is 0.920. The SMILES string of the molecule is CN(C)C1CCC(Nc2ncnc3ccc(C(F)(F)F)cc23)CC1. The summed E-state index contributed by atoms with van der Waals surface area (Å²) in [5.74, 6) is 0.486. The largest absolute Gasteiger partial charge is 0.416 e. The van der Waals surface area contributed by atoms with Crippen molar-refractivity contribution in [3.05, 3.63) is 30.1 Å². The first kappa shape index (κ1) is 17.0. The Morgan fingerprint density at radius 3 is 2.42 bits per heavy atom. The van der Waals surface area contributed by atoms with Gasteiger partial charge in [-0.3, -0.25) is 0 Å². The number of nitrogens with zero attached hydrogens (tertiary/aromatic N) is 3. The molecule has 0 amide bonds. The van der Waals surface area contributed by atoms with Crippen LogP contribution in [0.25, 0.3) is 10.9 Å². The summed E-state index contributed by atoms with van der Waals surface area (Å²) in [6, 6.07) is 4.38. The summed E-state index contributed by atoms with van der Waals surface area (Å²) < 4.78 is 38.9. The molecule has 1 heterocycles. The molecule has 1 fully saturated rings. The molecule has 1 aromatic heterocycles. The van der Waals surface area contributed by atoms with Crippen LogP contribution in [0.3, 0.4) is 0 Å². The van der Waals surface area contributed by atoms with Gasteiger partial charge in [0.25, 0.3) is 0 Å². The highest BCUT2D eigenvalue weighted by atomic mass is 19.4. The molecule has 2 aromatic rings. The maximum atomic E-state index is 13.0. The van der Waals surface area contributed by atoms with Gasteiger partial charge in [-0.15, -0.1) is 0 Å². The molecule has 0 radical (unpaired) electrons. The summed E-state index contributed by atoms with van der Waals surface area (Å²) in [7, 11) is 4.16. The van der Waals surface area contributed by atoms with Crippen molar-refractivity contribution in [2.45, 2.75) is 43.9 Å². The predicted octanol–water partition coefficient (Wildman–Crippen LogP) is 3.93. The highest BCUT2D eigenvalue weighted by Crippen LogP contribution is 2.33. The number of fused-ring (bicyclic) bond motifs is 1. The molecule has 24 heavy (non-hydrogen) atoms. The summed E-state index contributed by atoms with van der Waals surface area (Å²) in [5, 5.41) is 3.74. The van der Waals surface area contributed by atoms with Crippen LogP contribution < -0.4 is 5.32 Å². The van der Waals surface area contributed by atoms with Gasteiger partial charge < -0.3 is 10.2 Å². The number of rotatable bonds is 3. The Morgan fingerprint density at radius 1 is 1.08 bits per heavy atom. The lowest BCUT2D eigenvalue weighted by atomic mass is 9.90. The Hall–Kier alpha value is -1.89. The maximum Gasteiger partial charge on any atom is 0.416 e. The Bertz CT molecular complexity index is 707. The van der Waals surface area contributed by atoms with Crippen molar-refractivity contribution in [3.8, 4) is 0 Å². The summed E-state index contributed by atoms with van der Waals surface area (Å²) in [4.78, 5) is 10.5. The minimum atomic E-state index is -4.37. The Labute approximate surface area is 139 Å². The highest BCUT2D eigenvalue weighted by Gasteiger charge is 2.31. The highest BCUT2D eigenvalue weighted by molar-refractivity contribution is 5.89. The fourth-order valence-corrected chi connectivity index (χ4v) is 3.28. The zero-order valence-corrected chi connectivity index (χ0v) is 13.8. The first-order chi connectivity index (χ1) is 11.3. The first-order valence-corrected chi connectivity index (χ1v) is 8.09. The van der Waals surface area contributed by atoms with E-state index in [4.69, 9.17) is 0 Å². The molecule has 0 atom stereocenters. The molecule has 3 rings (SSSR count). The molecule has 0 bridgehead atoms. The molecule has 7 heteroatoms. The number of nitrogens with one attached hydrogen (secondary N) is 1. The smallest absolute Gasteiger partial charge is 0.367 e. The summed E-state index contributed by atoms with van der Waals surface area (Å²) in [6.07, 6.45) is 1.12. The second kappa shape index (κ2) is 6.55. The van der Waals surface area contributed by atoms with Crippen LogP contribution >= 0.6 is 0 Å². The van der Waals surface area contributed by atoms with Gasteiger partial charge in [0.15, 0.2) is 0 Å². The van der Waals surface area contributed by atoms with Gasteiger partial charge in [0.2, 0.25) is 0 Å².